The zero-order valence-corrected chi connectivity index (χ0v) is 21.0. The number of methoxy groups -OCH3 is 1. The minimum Gasteiger partial charge on any atom is -0.503 e. The maximum atomic E-state index is 12.7. The molecule has 1 aromatic carbocycles. The van der Waals surface area contributed by atoms with Gasteiger partial charge >= 0.3 is 5.97 Å². The van der Waals surface area contributed by atoms with E-state index in [0.29, 0.717) is 0 Å². The molecule has 8 heteroatoms. The van der Waals surface area contributed by atoms with Gasteiger partial charge in [-0.3, -0.25) is 14.9 Å². The van der Waals surface area contributed by atoms with E-state index in [2.05, 4.69) is 24.1 Å². The molecule has 0 aliphatic carbocycles. The molecule has 0 unspecified atom stereocenters. The number of esters is 1. The average Bonchev–Trinajstić information content (AvgIpc) is 2.78. The van der Waals surface area contributed by atoms with E-state index >= 15 is 0 Å². The Balaban J connectivity index is 1.99. The second-order valence-corrected chi connectivity index (χ2v) is 8.88. The number of carbonyl (C=O) groups excluding carboxylic acids is 2. The van der Waals surface area contributed by atoms with Crippen molar-refractivity contribution in [3.63, 3.8) is 0 Å². The summed E-state index contributed by atoms with van der Waals surface area (Å²) in [6.07, 6.45) is 1.09. The maximum Gasteiger partial charge on any atom is 0.323 e. The lowest BCUT2D eigenvalue weighted by atomic mass is 9.84. The van der Waals surface area contributed by atoms with E-state index in [1.54, 1.807) is 6.92 Å². The number of pyridine rings is 1. The number of Topliss-reactive ketones (excluding diaryl/α,β-unsaturated/α-hetero) is 1. The Hall–Kier alpha value is -3.13. The summed E-state index contributed by atoms with van der Waals surface area (Å²) in [6.45, 7) is 11.4. The standard InChI is InChI=1S/C26H36N2O6/c1-15(2)23(19-8-10-20(11-9-19)33-16(3)4)18(6)34-26(31)17(5)28-14-21(29)24-25(30)22(32-7)12-13-27-24/h8-13,15-18,23,28,30H,14H2,1-7H3/t17-,18-,23+/m0/s1. The number of ether oxygens (including phenoxy) is 3. The summed E-state index contributed by atoms with van der Waals surface area (Å²) in [4.78, 5) is 29.1. The summed E-state index contributed by atoms with van der Waals surface area (Å²) in [5.74, 6) is -0.0878. The van der Waals surface area contributed by atoms with Gasteiger partial charge < -0.3 is 19.3 Å². The minimum absolute atomic E-state index is 0.0104. The number of nitrogens with zero attached hydrogens (tertiary/aromatic N) is 1. The Kier molecular flexibility index (Phi) is 9.86. The van der Waals surface area contributed by atoms with E-state index in [1.807, 2.05) is 45.0 Å². The van der Waals surface area contributed by atoms with E-state index < -0.39 is 17.8 Å². The quantitative estimate of drug-likeness (QED) is 0.351. The van der Waals surface area contributed by atoms with E-state index in [0.717, 1.165) is 11.3 Å². The van der Waals surface area contributed by atoms with Crippen molar-refractivity contribution >= 4 is 11.8 Å². The molecule has 0 amide bonds. The van der Waals surface area contributed by atoms with Gasteiger partial charge in [0.05, 0.1) is 19.8 Å². The lowest BCUT2D eigenvalue weighted by Crippen LogP contribution is -2.41. The number of aromatic nitrogens is 1. The van der Waals surface area contributed by atoms with Crippen molar-refractivity contribution in [1.29, 1.82) is 0 Å². The van der Waals surface area contributed by atoms with Crippen LogP contribution in [0.2, 0.25) is 0 Å². The highest BCUT2D eigenvalue weighted by atomic mass is 16.5. The van der Waals surface area contributed by atoms with Gasteiger partial charge in [-0.15, -0.1) is 0 Å². The summed E-state index contributed by atoms with van der Waals surface area (Å²) in [5.41, 5.74) is 0.937. The Bertz CT molecular complexity index is 958. The third kappa shape index (κ3) is 7.18. The first-order valence-electron chi connectivity index (χ1n) is 11.5. The number of hydrogen-bond donors (Lipinski definition) is 2. The van der Waals surface area contributed by atoms with Crippen molar-refractivity contribution in [2.45, 2.75) is 65.7 Å². The van der Waals surface area contributed by atoms with Crippen LogP contribution < -0.4 is 14.8 Å². The molecular weight excluding hydrogens is 436 g/mol. The van der Waals surface area contributed by atoms with Crippen LogP contribution in [0.5, 0.6) is 17.2 Å². The predicted octanol–water partition coefficient (Wildman–Crippen LogP) is 4.12. The van der Waals surface area contributed by atoms with Crippen LogP contribution in [0.4, 0.5) is 0 Å². The molecule has 186 valence electrons. The Morgan fingerprint density at radius 3 is 2.24 bits per heavy atom. The van der Waals surface area contributed by atoms with Crippen LogP contribution in [0.1, 0.15) is 63.5 Å². The second-order valence-electron chi connectivity index (χ2n) is 8.88. The SMILES string of the molecule is COc1ccnc(C(=O)CN[C@@H](C)C(=O)O[C@@H](C)[C@H](c2ccc(OC(C)C)cc2)C(C)C)c1O. The molecule has 1 heterocycles. The Labute approximate surface area is 201 Å². The van der Waals surface area contributed by atoms with Crippen molar-refractivity contribution in [3.05, 3.63) is 47.8 Å². The van der Waals surface area contributed by atoms with Gasteiger partial charge in [-0.2, -0.15) is 0 Å². The molecule has 0 aliphatic heterocycles. The van der Waals surface area contributed by atoms with Gasteiger partial charge in [0.15, 0.2) is 23.0 Å². The normalized spacial score (nSPS) is 13.9. The topological polar surface area (TPSA) is 107 Å². The van der Waals surface area contributed by atoms with Gasteiger partial charge in [-0.1, -0.05) is 26.0 Å². The zero-order chi connectivity index (χ0) is 25.4. The molecule has 2 aromatic rings. The number of benzene rings is 1. The lowest BCUT2D eigenvalue weighted by Gasteiger charge is -2.29. The number of rotatable bonds is 12. The van der Waals surface area contributed by atoms with Crippen LogP contribution >= 0.6 is 0 Å². The van der Waals surface area contributed by atoms with Crippen molar-refractivity contribution in [2.75, 3.05) is 13.7 Å². The number of nitrogens with one attached hydrogen (secondary N) is 1. The van der Waals surface area contributed by atoms with Crippen LogP contribution in [-0.2, 0) is 9.53 Å². The predicted molar refractivity (Wildman–Crippen MR) is 130 cm³/mol. The van der Waals surface area contributed by atoms with Gasteiger partial charge in [0.25, 0.3) is 0 Å². The minimum atomic E-state index is -0.728. The first-order chi connectivity index (χ1) is 16.0. The molecule has 0 spiro atoms. The number of carbonyl (C=O) groups is 2. The summed E-state index contributed by atoms with van der Waals surface area (Å²) in [6, 6.07) is 8.58. The average molecular weight is 473 g/mol. The van der Waals surface area contributed by atoms with Crippen LogP contribution in [0.3, 0.4) is 0 Å². The number of aromatic hydroxyl groups is 1. The lowest BCUT2D eigenvalue weighted by molar-refractivity contribution is -0.151. The summed E-state index contributed by atoms with van der Waals surface area (Å²) < 4.78 is 16.5. The van der Waals surface area contributed by atoms with Crippen molar-refractivity contribution in [3.8, 4) is 17.2 Å². The van der Waals surface area contributed by atoms with Crippen LogP contribution in [0, 0.1) is 5.92 Å². The molecule has 0 fully saturated rings. The molecule has 0 radical (unpaired) electrons. The van der Waals surface area contributed by atoms with Gasteiger partial charge in [0, 0.05) is 18.2 Å². The molecule has 0 aliphatic rings. The van der Waals surface area contributed by atoms with E-state index in [9.17, 15) is 14.7 Å². The Morgan fingerprint density at radius 1 is 1.03 bits per heavy atom. The third-order valence-corrected chi connectivity index (χ3v) is 5.46. The fraction of sp³-hybridized carbons (Fsp3) is 0.500. The highest BCUT2D eigenvalue weighted by Gasteiger charge is 2.28. The fourth-order valence-corrected chi connectivity index (χ4v) is 3.82. The van der Waals surface area contributed by atoms with Crippen molar-refractivity contribution in [2.24, 2.45) is 5.92 Å². The first kappa shape index (κ1) is 27.1. The maximum absolute atomic E-state index is 12.7. The van der Waals surface area contributed by atoms with Gasteiger partial charge in [-0.25, -0.2) is 4.98 Å². The van der Waals surface area contributed by atoms with Gasteiger partial charge in [-0.05, 0) is 51.3 Å². The van der Waals surface area contributed by atoms with Gasteiger partial charge in [0.1, 0.15) is 17.9 Å². The zero-order valence-electron chi connectivity index (χ0n) is 21.0. The molecular formula is C26H36N2O6. The van der Waals surface area contributed by atoms with E-state index in [-0.39, 0.29) is 47.8 Å². The number of hydrogen-bond acceptors (Lipinski definition) is 8. The molecule has 3 atom stereocenters. The van der Waals surface area contributed by atoms with Gasteiger partial charge in [0.2, 0.25) is 0 Å². The molecule has 0 bridgehead atoms. The largest absolute Gasteiger partial charge is 0.503 e. The highest BCUT2D eigenvalue weighted by molar-refractivity contribution is 5.99. The highest BCUT2D eigenvalue weighted by Crippen LogP contribution is 2.31. The number of ketones is 1. The molecule has 2 N–H and O–H groups in total. The second kappa shape index (κ2) is 12.4. The molecule has 2 rings (SSSR count). The smallest absolute Gasteiger partial charge is 0.323 e. The van der Waals surface area contributed by atoms with Crippen LogP contribution in [0.25, 0.3) is 0 Å². The van der Waals surface area contributed by atoms with Crippen molar-refractivity contribution < 1.29 is 28.9 Å². The first-order valence-corrected chi connectivity index (χ1v) is 11.5. The Morgan fingerprint density at radius 2 is 1.68 bits per heavy atom. The van der Waals surface area contributed by atoms with E-state index in [1.165, 1.54) is 19.4 Å². The van der Waals surface area contributed by atoms with Crippen LogP contribution in [-0.4, -0.2) is 53.7 Å². The molecule has 0 saturated carbocycles. The fourth-order valence-electron chi connectivity index (χ4n) is 3.82. The molecule has 1 aromatic heterocycles. The third-order valence-electron chi connectivity index (χ3n) is 5.46. The van der Waals surface area contributed by atoms with Crippen LogP contribution in [0.15, 0.2) is 36.5 Å². The molecule has 34 heavy (non-hydrogen) atoms. The molecule has 8 nitrogen and oxygen atoms in total. The summed E-state index contributed by atoms with van der Waals surface area (Å²) in [7, 11) is 1.39. The monoisotopic (exact) mass is 472 g/mol. The van der Waals surface area contributed by atoms with E-state index in [4.69, 9.17) is 14.2 Å². The molecule has 0 saturated heterocycles. The summed E-state index contributed by atoms with van der Waals surface area (Å²) >= 11 is 0. The van der Waals surface area contributed by atoms with Crippen molar-refractivity contribution in [1.82, 2.24) is 10.3 Å². The summed E-state index contributed by atoms with van der Waals surface area (Å²) in [5, 5.41) is 12.9.